The lowest BCUT2D eigenvalue weighted by Gasteiger charge is -2.24. The van der Waals surface area contributed by atoms with Gasteiger partial charge >= 0.3 is 5.63 Å². The Hall–Kier alpha value is -2.29. The van der Waals surface area contributed by atoms with Crippen LogP contribution in [0, 0.1) is 0 Å². The van der Waals surface area contributed by atoms with Crippen molar-refractivity contribution in [2.75, 3.05) is 12.9 Å². The minimum absolute atomic E-state index is 0.283. The number of nitrogens with zero attached hydrogens (tertiary/aromatic N) is 2. The van der Waals surface area contributed by atoms with E-state index in [-0.39, 0.29) is 5.91 Å². The van der Waals surface area contributed by atoms with Crippen molar-refractivity contribution in [3.8, 4) is 5.75 Å². The molecule has 0 radical (unpaired) electrons. The number of aliphatic imine (C=N–C) groups is 1. The van der Waals surface area contributed by atoms with Crippen LogP contribution in [0.3, 0.4) is 0 Å². The highest BCUT2D eigenvalue weighted by Crippen LogP contribution is 2.30. The molecular weight excluding hydrogens is 358 g/mol. The van der Waals surface area contributed by atoms with Gasteiger partial charge in [0.25, 0.3) is 0 Å². The van der Waals surface area contributed by atoms with Gasteiger partial charge in [0.1, 0.15) is 27.8 Å². The van der Waals surface area contributed by atoms with Crippen LogP contribution in [0.15, 0.2) is 31.5 Å². The Labute approximate surface area is 155 Å². The van der Waals surface area contributed by atoms with Crippen LogP contribution in [0.2, 0.25) is 0 Å². The van der Waals surface area contributed by atoms with Gasteiger partial charge in [-0.2, -0.15) is 0 Å². The Morgan fingerprint density at radius 1 is 1.58 bits per heavy atom. The first-order chi connectivity index (χ1) is 12.3. The summed E-state index contributed by atoms with van der Waals surface area (Å²) in [4.78, 5) is 29.0. The zero-order valence-electron chi connectivity index (χ0n) is 15.2. The van der Waals surface area contributed by atoms with Crippen molar-refractivity contribution >= 4 is 28.4 Å². The monoisotopic (exact) mass is 381 g/mol. The van der Waals surface area contributed by atoms with Crippen molar-refractivity contribution in [3.05, 3.63) is 28.3 Å². The van der Waals surface area contributed by atoms with Crippen molar-refractivity contribution in [1.82, 2.24) is 5.32 Å². The number of methoxy groups -OCH3 is 1. The molecule has 0 spiro atoms. The van der Waals surface area contributed by atoms with Gasteiger partial charge in [0.2, 0.25) is 5.91 Å². The van der Waals surface area contributed by atoms with Gasteiger partial charge in [-0.25, -0.2) is 4.79 Å². The number of nitrogens with one attached hydrogen (secondary N) is 1. The van der Waals surface area contributed by atoms with Gasteiger partial charge in [0, 0.05) is 11.8 Å². The van der Waals surface area contributed by atoms with E-state index in [1.165, 1.54) is 24.9 Å². The van der Waals surface area contributed by atoms with Crippen LogP contribution in [0.4, 0.5) is 0 Å². The number of rotatable bonds is 7. The number of carbonyl (C=O) groups excluding carboxylic acids is 1. The lowest BCUT2D eigenvalue weighted by atomic mass is 10.0. The summed E-state index contributed by atoms with van der Waals surface area (Å²) >= 11 is 1.36. The predicted molar refractivity (Wildman–Crippen MR) is 101 cm³/mol. The molecule has 26 heavy (non-hydrogen) atoms. The molecule has 0 unspecified atom stereocenters. The maximum Gasteiger partial charge on any atom is 0.339 e. The van der Waals surface area contributed by atoms with Crippen LogP contribution >= 0.6 is 11.8 Å². The summed E-state index contributed by atoms with van der Waals surface area (Å²) in [6.07, 6.45) is 1.38. The quantitative estimate of drug-likeness (QED) is 0.426. The van der Waals surface area contributed by atoms with Gasteiger partial charge in [-0.15, -0.1) is 11.8 Å². The molecule has 9 heteroatoms. The summed E-state index contributed by atoms with van der Waals surface area (Å²) in [6, 6.07) is 2.38. The molecule has 1 aliphatic rings. The highest BCUT2D eigenvalue weighted by molar-refractivity contribution is 8.16. The third-order valence-electron chi connectivity index (χ3n) is 4.01. The van der Waals surface area contributed by atoms with E-state index in [0.717, 1.165) is 6.42 Å². The van der Waals surface area contributed by atoms with Crippen molar-refractivity contribution in [3.63, 3.8) is 0 Å². The van der Waals surface area contributed by atoms with Crippen molar-refractivity contribution in [2.24, 2.45) is 10.1 Å². The Morgan fingerprint density at radius 3 is 2.92 bits per heavy atom. The smallest absolute Gasteiger partial charge is 0.339 e. The predicted octanol–water partition coefficient (Wildman–Crippen LogP) is 2.36. The van der Waals surface area contributed by atoms with Gasteiger partial charge in [-0.1, -0.05) is 18.5 Å². The first kappa shape index (κ1) is 20.0. The second-order valence-electron chi connectivity index (χ2n) is 6.20. The first-order valence-electron chi connectivity index (χ1n) is 8.24. The molecule has 142 valence electrons. The van der Waals surface area contributed by atoms with E-state index in [1.807, 2.05) is 6.92 Å². The maximum atomic E-state index is 12.8. The zero-order chi connectivity index (χ0) is 19.3. The minimum Gasteiger partial charge on any atom is -0.496 e. The van der Waals surface area contributed by atoms with Crippen LogP contribution in [0.25, 0.3) is 0 Å². The molecule has 2 heterocycles. The average Bonchev–Trinajstić information content (AvgIpc) is 3.03. The van der Waals surface area contributed by atoms with Crippen molar-refractivity contribution in [1.29, 1.82) is 0 Å². The number of amides is 1. The van der Waals surface area contributed by atoms with E-state index in [9.17, 15) is 9.59 Å². The fourth-order valence-corrected chi connectivity index (χ4v) is 3.62. The van der Waals surface area contributed by atoms with E-state index >= 15 is 0 Å². The fraction of sp³-hybridized carbons (Fsp3) is 0.529. The average molecular weight is 381 g/mol. The Bertz CT molecular complexity index is 789. The highest BCUT2D eigenvalue weighted by Gasteiger charge is 2.40. The Balaban J connectivity index is 2.25. The molecule has 0 bridgehead atoms. The number of hydrogen-bond acceptors (Lipinski definition) is 8. The summed E-state index contributed by atoms with van der Waals surface area (Å²) in [6.45, 7) is 5.32. The molecule has 0 aromatic carbocycles. The summed E-state index contributed by atoms with van der Waals surface area (Å²) < 4.78 is 10.4. The van der Waals surface area contributed by atoms with E-state index in [2.05, 4.69) is 15.5 Å². The van der Waals surface area contributed by atoms with Crippen LogP contribution < -0.4 is 15.7 Å². The van der Waals surface area contributed by atoms with Crippen LogP contribution in [0.5, 0.6) is 5.75 Å². The minimum atomic E-state index is -0.989. The normalized spacial score (nSPS) is 21.2. The van der Waals surface area contributed by atoms with E-state index in [4.69, 9.17) is 14.4 Å². The molecule has 1 amide bonds. The Kier molecular flexibility index (Phi) is 6.47. The highest BCUT2D eigenvalue weighted by atomic mass is 32.2. The second-order valence-corrected chi connectivity index (χ2v) is 7.16. The lowest BCUT2D eigenvalue weighted by Crippen LogP contribution is -2.45. The number of oxime groups is 1. The SMILES string of the molecule is CCC[C@@H](NC(=O)[C@@]1(C)CSC(/C(C)=N/O)=N1)c1cc(OC)cc(=O)o1. The summed E-state index contributed by atoms with van der Waals surface area (Å²) in [5.41, 5.74) is -1.15. The lowest BCUT2D eigenvalue weighted by molar-refractivity contribution is -0.125. The zero-order valence-corrected chi connectivity index (χ0v) is 16.1. The molecule has 2 atom stereocenters. The Morgan fingerprint density at radius 2 is 2.31 bits per heavy atom. The molecule has 0 aliphatic carbocycles. The van der Waals surface area contributed by atoms with Crippen LogP contribution in [0.1, 0.15) is 45.4 Å². The molecule has 0 fully saturated rings. The van der Waals surface area contributed by atoms with E-state index in [1.54, 1.807) is 19.9 Å². The molecule has 2 rings (SSSR count). The molecule has 0 saturated heterocycles. The summed E-state index contributed by atoms with van der Waals surface area (Å²) in [5.74, 6) is 0.872. The van der Waals surface area contributed by atoms with Crippen molar-refractivity contribution < 1.29 is 19.2 Å². The first-order valence-corrected chi connectivity index (χ1v) is 9.23. The fourth-order valence-electron chi connectivity index (χ4n) is 2.49. The number of hydrogen-bond donors (Lipinski definition) is 2. The molecule has 0 saturated carbocycles. The molecule has 1 aromatic rings. The van der Waals surface area contributed by atoms with E-state index < -0.39 is 17.2 Å². The van der Waals surface area contributed by atoms with Gasteiger partial charge in [-0.05, 0) is 20.3 Å². The largest absolute Gasteiger partial charge is 0.496 e. The van der Waals surface area contributed by atoms with E-state index in [0.29, 0.717) is 34.4 Å². The molecule has 1 aromatic heterocycles. The standard InChI is InChI=1S/C17H23N3O5S/c1-5-6-12(13-7-11(24-4)8-14(21)25-13)18-16(22)17(3)9-26-15(19-17)10(2)20-23/h7-8,12,23H,5-6,9H2,1-4H3,(H,18,22)/b20-10+/t12-,17-/m1/s1. The number of thioether (sulfide) groups is 1. The van der Waals surface area contributed by atoms with Gasteiger partial charge in [0.15, 0.2) is 0 Å². The van der Waals surface area contributed by atoms with Gasteiger partial charge in [0.05, 0.1) is 19.2 Å². The second kappa shape index (κ2) is 8.39. The number of ether oxygens (including phenoxy) is 1. The van der Waals surface area contributed by atoms with Gasteiger partial charge < -0.3 is 19.7 Å². The third kappa shape index (κ3) is 4.46. The maximum absolute atomic E-state index is 12.8. The molecule has 2 N–H and O–H groups in total. The third-order valence-corrected chi connectivity index (χ3v) is 5.38. The topological polar surface area (TPSA) is 113 Å². The number of carbonyl (C=O) groups is 1. The molecular formula is C17H23N3O5S. The summed E-state index contributed by atoms with van der Waals surface area (Å²) in [7, 11) is 1.46. The van der Waals surface area contributed by atoms with Crippen molar-refractivity contribution in [2.45, 2.75) is 45.2 Å². The van der Waals surface area contributed by atoms with Gasteiger partial charge in [-0.3, -0.25) is 9.79 Å². The molecule has 8 nitrogen and oxygen atoms in total. The van der Waals surface area contributed by atoms with Crippen LogP contribution in [-0.4, -0.2) is 40.3 Å². The summed E-state index contributed by atoms with van der Waals surface area (Å²) in [5, 5.41) is 15.5. The molecule has 1 aliphatic heterocycles. The van der Waals surface area contributed by atoms with Crippen LogP contribution in [-0.2, 0) is 4.79 Å².